The lowest BCUT2D eigenvalue weighted by Crippen LogP contribution is -2.21. The van der Waals surface area contributed by atoms with Gasteiger partial charge in [-0.25, -0.2) is 9.97 Å². The zero-order valence-corrected chi connectivity index (χ0v) is 10.6. The monoisotopic (exact) mass is 245 g/mol. The lowest BCUT2D eigenvalue weighted by Gasteiger charge is -2.14. The summed E-state index contributed by atoms with van der Waals surface area (Å²) < 4.78 is 0. The van der Waals surface area contributed by atoms with Crippen LogP contribution in [0.25, 0.3) is 11.0 Å². The van der Waals surface area contributed by atoms with Gasteiger partial charge in [-0.15, -0.1) is 0 Å². The van der Waals surface area contributed by atoms with Gasteiger partial charge in [-0.2, -0.15) is 0 Å². The molecule has 0 aromatic carbocycles. The molecule has 4 N–H and O–H groups in total. The molecule has 0 saturated heterocycles. The molecule has 3 rings (SSSR count). The quantitative estimate of drug-likeness (QED) is 0.770. The van der Waals surface area contributed by atoms with Crippen LogP contribution in [0.3, 0.4) is 0 Å². The summed E-state index contributed by atoms with van der Waals surface area (Å²) >= 11 is 0. The van der Waals surface area contributed by atoms with Crippen molar-refractivity contribution in [2.45, 2.75) is 44.7 Å². The second-order valence-electron chi connectivity index (χ2n) is 5.03. The van der Waals surface area contributed by atoms with Crippen LogP contribution in [0.1, 0.15) is 31.7 Å². The number of aromatic amines is 1. The van der Waals surface area contributed by atoms with Crippen LogP contribution in [0.2, 0.25) is 0 Å². The van der Waals surface area contributed by atoms with Crippen molar-refractivity contribution in [3.63, 3.8) is 0 Å². The largest absolute Gasteiger partial charge is 0.367 e. The Morgan fingerprint density at radius 3 is 3.06 bits per heavy atom. The van der Waals surface area contributed by atoms with Crippen molar-refractivity contribution >= 4 is 16.9 Å². The highest BCUT2D eigenvalue weighted by Crippen LogP contribution is 2.27. The third kappa shape index (κ3) is 1.95. The first-order chi connectivity index (χ1) is 8.78. The lowest BCUT2D eigenvalue weighted by molar-refractivity contribution is 0.687. The van der Waals surface area contributed by atoms with E-state index in [2.05, 4.69) is 27.2 Å². The van der Waals surface area contributed by atoms with E-state index in [1.165, 1.54) is 5.56 Å². The Kier molecular flexibility index (Phi) is 2.91. The van der Waals surface area contributed by atoms with Crippen LogP contribution in [0.5, 0.6) is 0 Å². The Balaban J connectivity index is 1.93. The fourth-order valence-corrected chi connectivity index (χ4v) is 2.76. The van der Waals surface area contributed by atoms with Crippen LogP contribution in [0, 0.1) is 0 Å². The van der Waals surface area contributed by atoms with Gasteiger partial charge in [0.25, 0.3) is 0 Å². The number of nitrogens with one attached hydrogen (secondary N) is 2. The second kappa shape index (κ2) is 4.57. The van der Waals surface area contributed by atoms with Gasteiger partial charge in [-0.3, -0.25) is 0 Å². The Labute approximate surface area is 106 Å². The molecule has 1 saturated carbocycles. The smallest absolute Gasteiger partial charge is 0.143 e. The summed E-state index contributed by atoms with van der Waals surface area (Å²) in [6, 6.07) is 0.773. The molecule has 1 aliphatic carbocycles. The molecule has 2 heterocycles. The van der Waals surface area contributed by atoms with E-state index in [0.717, 1.165) is 42.5 Å². The van der Waals surface area contributed by atoms with Crippen molar-refractivity contribution in [1.29, 1.82) is 0 Å². The molecular weight excluding hydrogens is 226 g/mol. The summed E-state index contributed by atoms with van der Waals surface area (Å²) in [5.41, 5.74) is 8.12. The van der Waals surface area contributed by atoms with Crippen LogP contribution in [-0.2, 0) is 6.42 Å². The second-order valence-corrected chi connectivity index (χ2v) is 5.03. The predicted molar refractivity (Wildman–Crippen MR) is 72.5 cm³/mol. The van der Waals surface area contributed by atoms with Crippen LogP contribution in [-0.4, -0.2) is 27.0 Å². The number of nitrogens with two attached hydrogens (primary N) is 1. The number of fused-ring (bicyclic) bond motifs is 1. The van der Waals surface area contributed by atoms with Crippen molar-refractivity contribution in [2.75, 3.05) is 5.32 Å². The van der Waals surface area contributed by atoms with Gasteiger partial charge in [0.1, 0.15) is 17.8 Å². The molecule has 18 heavy (non-hydrogen) atoms. The molecule has 0 radical (unpaired) electrons. The van der Waals surface area contributed by atoms with Gasteiger partial charge in [0.15, 0.2) is 0 Å². The van der Waals surface area contributed by atoms with E-state index < -0.39 is 0 Å². The number of aryl methyl sites for hydroxylation is 1. The molecule has 0 spiro atoms. The predicted octanol–water partition coefficient (Wildman–Crippen LogP) is 1.81. The first-order valence-electron chi connectivity index (χ1n) is 6.61. The average Bonchev–Trinajstić information content (AvgIpc) is 2.96. The van der Waals surface area contributed by atoms with E-state index in [-0.39, 0.29) is 0 Å². The zero-order valence-electron chi connectivity index (χ0n) is 10.6. The van der Waals surface area contributed by atoms with Crippen molar-refractivity contribution in [3.05, 3.63) is 18.1 Å². The Hall–Kier alpha value is -1.62. The van der Waals surface area contributed by atoms with Crippen molar-refractivity contribution in [1.82, 2.24) is 15.0 Å². The van der Waals surface area contributed by atoms with E-state index in [1.54, 1.807) is 6.33 Å². The van der Waals surface area contributed by atoms with E-state index in [4.69, 9.17) is 5.73 Å². The molecule has 0 bridgehead atoms. The fraction of sp³-hybridized carbons (Fsp3) is 0.538. The molecule has 5 nitrogen and oxygen atoms in total. The van der Waals surface area contributed by atoms with Gasteiger partial charge >= 0.3 is 0 Å². The Morgan fingerprint density at radius 1 is 1.44 bits per heavy atom. The van der Waals surface area contributed by atoms with Crippen molar-refractivity contribution in [3.8, 4) is 0 Å². The van der Waals surface area contributed by atoms with E-state index in [1.807, 2.05) is 6.20 Å². The van der Waals surface area contributed by atoms with Crippen LogP contribution >= 0.6 is 0 Å². The highest BCUT2D eigenvalue weighted by Gasteiger charge is 2.23. The van der Waals surface area contributed by atoms with E-state index in [0.29, 0.717) is 12.1 Å². The summed E-state index contributed by atoms with van der Waals surface area (Å²) in [4.78, 5) is 11.9. The molecule has 1 fully saturated rings. The molecular formula is C13H19N5. The van der Waals surface area contributed by atoms with Gasteiger partial charge in [0.2, 0.25) is 0 Å². The summed E-state index contributed by atoms with van der Waals surface area (Å²) in [6.07, 6.45) is 7.85. The van der Waals surface area contributed by atoms with Gasteiger partial charge < -0.3 is 16.0 Å². The summed E-state index contributed by atoms with van der Waals surface area (Å²) in [5.74, 6) is 0.942. The molecule has 0 aliphatic heterocycles. The topological polar surface area (TPSA) is 79.6 Å². The third-order valence-electron chi connectivity index (χ3n) is 3.75. The molecule has 96 valence electrons. The maximum atomic E-state index is 5.95. The molecule has 5 heteroatoms. The van der Waals surface area contributed by atoms with Crippen molar-refractivity contribution in [2.24, 2.45) is 5.73 Å². The average molecular weight is 245 g/mol. The van der Waals surface area contributed by atoms with E-state index in [9.17, 15) is 0 Å². The molecule has 2 aromatic heterocycles. The number of aromatic nitrogens is 3. The number of hydrogen-bond donors (Lipinski definition) is 3. The summed E-state index contributed by atoms with van der Waals surface area (Å²) in [6.45, 7) is 2.14. The summed E-state index contributed by atoms with van der Waals surface area (Å²) in [7, 11) is 0. The number of nitrogens with zero attached hydrogens (tertiary/aromatic N) is 2. The molecule has 0 amide bonds. The minimum absolute atomic E-state index is 0.330. The van der Waals surface area contributed by atoms with Crippen LogP contribution < -0.4 is 11.1 Å². The standard InChI is InChI=1S/C13H19N5/c1-2-8-6-15-12-11(8)13(17-7-16-12)18-10-4-3-9(14)5-10/h6-7,9-10H,2-5,14H2,1H3,(H2,15,16,17,18)/t9-,10+/m0/s1. The first kappa shape index (κ1) is 11.5. The molecule has 2 aromatic rings. The maximum absolute atomic E-state index is 5.95. The highest BCUT2D eigenvalue weighted by atomic mass is 15.1. The van der Waals surface area contributed by atoms with Crippen LogP contribution in [0.15, 0.2) is 12.5 Å². The maximum Gasteiger partial charge on any atom is 0.143 e. The zero-order chi connectivity index (χ0) is 12.5. The van der Waals surface area contributed by atoms with Crippen LogP contribution in [0.4, 0.5) is 5.82 Å². The summed E-state index contributed by atoms with van der Waals surface area (Å²) in [5, 5.41) is 4.65. The molecule has 1 aliphatic rings. The molecule has 2 atom stereocenters. The Morgan fingerprint density at radius 2 is 2.33 bits per heavy atom. The third-order valence-corrected chi connectivity index (χ3v) is 3.75. The number of anilines is 1. The lowest BCUT2D eigenvalue weighted by atomic mass is 10.1. The van der Waals surface area contributed by atoms with Crippen molar-refractivity contribution < 1.29 is 0 Å². The fourth-order valence-electron chi connectivity index (χ4n) is 2.76. The number of rotatable bonds is 3. The number of hydrogen-bond acceptors (Lipinski definition) is 4. The SMILES string of the molecule is CCc1c[nH]c2ncnc(N[C@@H]3CC[C@H](N)C3)c12. The van der Waals surface area contributed by atoms with Gasteiger partial charge in [-0.05, 0) is 31.2 Å². The highest BCUT2D eigenvalue weighted by molar-refractivity contribution is 5.90. The minimum Gasteiger partial charge on any atom is -0.367 e. The van der Waals surface area contributed by atoms with E-state index >= 15 is 0 Å². The minimum atomic E-state index is 0.330. The Bertz CT molecular complexity index is 547. The normalized spacial score (nSPS) is 23.7. The van der Waals surface area contributed by atoms with Gasteiger partial charge in [-0.1, -0.05) is 6.92 Å². The van der Waals surface area contributed by atoms with Gasteiger partial charge in [0, 0.05) is 18.3 Å². The molecule has 0 unspecified atom stereocenters. The first-order valence-corrected chi connectivity index (χ1v) is 6.61. The number of H-pyrrole nitrogens is 1. The van der Waals surface area contributed by atoms with Gasteiger partial charge in [0.05, 0.1) is 5.39 Å².